The van der Waals surface area contributed by atoms with Crippen LogP contribution in [0.15, 0.2) is 0 Å². The van der Waals surface area contributed by atoms with E-state index in [0.717, 1.165) is 17.0 Å². The Bertz CT molecular complexity index is 433. The Balaban J connectivity index is 0.00000180. The van der Waals surface area contributed by atoms with Gasteiger partial charge in [0.2, 0.25) is 5.91 Å². The molecule has 0 aromatic carbocycles. The summed E-state index contributed by atoms with van der Waals surface area (Å²) in [7, 11) is 0. The predicted molar refractivity (Wildman–Crippen MR) is 78.8 cm³/mol. The molecule has 1 aliphatic heterocycles. The van der Waals surface area contributed by atoms with Crippen molar-refractivity contribution in [3.05, 3.63) is 10.6 Å². The maximum Gasteiger partial charge on any atom is 0.243 e. The Kier molecular flexibility index (Phi) is 5.32. The van der Waals surface area contributed by atoms with Crippen molar-refractivity contribution in [2.24, 2.45) is 11.1 Å². The third kappa shape index (κ3) is 3.89. The number of hydrogen-bond acceptors (Lipinski definition) is 5. The minimum atomic E-state index is -0.547. The number of thiazole rings is 1. The molecule has 0 spiro atoms. The van der Waals surface area contributed by atoms with E-state index in [2.05, 4.69) is 10.3 Å². The Hall–Kier alpha value is -0.690. The van der Waals surface area contributed by atoms with Crippen LogP contribution in [0, 0.1) is 5.41 Å². The first-order chi connectivity index (χ1) is 8.38. The molecular weight excluding hydrogens is 286 g/mol. The summed E-state index contributed by atoms with van der Waals surface area (Å²) in [6.45, 7) is 7.12. The smallest absolute Gasteiger partial charge is 0.243 e. The van der Waals surface area contributed by atoms with Crippen LogP contribution in [0.5, 0.6) is 0 Å². The molecule has 7 heteroatoms. The largest absolute Gasteiger partial charge is 0.375 e. The molecule has 0 fully saturated rings. The van der Waals surface area contributed by atoms with Crippen LogP contribution in [-0.2, 0) is 22.6 Å². The van der Waals surface area contributed by atoms with Crippen molar-refractivity contribution in [3.63, 3.8) is 0 Å². The van der Waals surface area contributed by atoms with Gasteiger partial charge in [-0.15, -0.1) is 12.4 Å². The maximum atomic E-state index is 12.0. The summed E-state index contributed by atoms with van der Waals surface area (Å²) >= 11 is 1.47. The van der Waals surface area contributed by atoms with Gasteiger partial charge in [-0.25, -0.2) is 4.98 Å². The SMILES string of the molecule is CC(C)(C)[C@H](N)C(=O)Nc1nc2c(s1)COCC2.Cl. The molecule has 0 aliphatic carbocycles. The van der Waals surface area contributed by atoms with Crippen molar-refractivity contribution >= 4 is 34.8 Å². The highest BCUT2D eigenvalue weighted by Crippen LogP contribution is 2.27. The quantitative estimate of drug-likeness (QED) is 0.875. The summed E-state index contributed by atoms with van der Waals surface area (Å²) < 4.78 is 5.35. The second-order valence-corrected chi connectivity index (χ2v) is 6.61. The normalized spacial score (nSPS) is 16.2. The van der Waals surface area contributed by atoms with E-state index in [1.807, 2.05) is 20.8 Å². The fourth-order valence-corrected chi connectivity index (χ4v) is 2.60. The number of ether oxygens (including phenoxy) is 1. The molecular formula is C12H20ClN3O2S. The first-order valence-corrected chi connectivity index (χ1v) is 6.82. The summed E-state index contributed by atoms with van der Waals surface area (Å²) in [6, 6.07) is -0.547. The van der Waals surface area contributed by atoms with Crippen molar-refractivity contribution < 1.29 is 9.53 Å². The van der Waals surface area contributed by atoms with Crippen LogP contribution in [0.4, 0.5) is 5.13 Å². The van der Waals surface area contributed by atoms with E-state index >= 15 is 0 Å². The van der Waals surface area contributed by atoms with E-state index in [1.165, 1.54) is 11.3 Å². The third-order valence-electron chi connectivity index (χ3n) is 2.94. The van der Waals surface area contributed by atoms with Gasteiger partial charge in [-0.05, 0) is 5.41 Å². The Morgan fingerprint density at radius 1 is 1.53 bits per heavy atom. The van der Waals surface area contributed by atoms with E-state index < -0.39 is 6.04 Å². The number of nitrogens with one attached hydrogen (secondary N) is 1. The Morgan fingerprint density at radius 2 is 2.21 bits per heavy atom. The number of fused-ring (bicyclic) bond motifs is 1. The van der Waals surface area contributed by atoms with E-state index in [0.29, 0.717) is 18.3 Å². The molecule has 1 atom stereocenters. The van der Waals surface area contributed by atoms with Crippen LogP contribution in [-0.4, -0.2) is 23.5 Å². The molecule has 5 nitrogen and oxygen atoms in total. The summed E-state index contributed by atoms with van der Waals surface area (Å²) in [5.41, 5.74) is 6.68. The molecule has 0 radical (unpaired) electrons. The van der Waals surface area contributed by atoms with Gasteiger partial charge in [0.15, 0.2) is 5.13 Å². The highest BCUT2D eigenvalue weighted by atomic mass is 35.5. The lowest BCUT2D eigenvalue weighted by Crippen LogP contribution is -2.45. The number of anilines is 1. The number of carbonyl (C=O) groups excluding carboxylic acids is 1. The molecule has 19 heavy (non-hydrogen) atoms. The lowest BCUT2D eigenvalue weighted by Gasteiger charge is -2.25. The van der Waals surface area contributed by atoms with Gasteiger partial charge >= 0.3 is 0 Å². The van der Waals surface area contributed by atoms with Gasteiger partial charge in [-0.2, -0.15) is 0 Å². The molecule has 1 aliphatic rings. The molecule has 0 saturated carbocycles. The minimum absolute atomic E-state index is 0. The van der Waals surface area contributed by atoms with Crippen LogP contribution in [0.25, 0.3) is 0 Å². The number of carbonyl (C=O) groups is 1. The topological polar surface area (TPSA) is 77.2 Å². The van der Waals surface area contributed by atoms with E-state index in [9.17, 15) is 4.79 Å². The summed E-state index contributed by atoms with van der Waals surface area (Å²) in [5.74, 6) is -0.186. The fraction of sp³-hybridized carbons (Fsp3) is 0.667. The number of rotatable bonds is 2. The Morgan fingerprint density at radius 3 is 2.79 bits per heavy atom. The van der Waals surface area contributed by atoms with Gasteiger partial charge in [0.25, 0.3) is 0 Å². The molecule has 1 aromatic heterocycles. The zero-order chi connectivity index (χ0) is 13.3. The number of halogens is 1. The number of nitrogens with two attached hydrogens (primary N) is 1. The summed E-state index contributed by atoms with van der Waals surface area (Å²) in [6.07, 6.45) is 0.813. The van der Waals surface area contributed by atoms with Crippen LogP contribution >= 0.6 is 23.7 Å². The van der Waals surface area contributed by atoms with Crippen LogP contribution in [0.3, 0.4) is 0 Å². The number of aromatic nitrogens is 1. The highest BCUT2D eigenvalue weighted by molar-refractivity contribution is 7.15. The average Bonchev–Trinajstić information content (AvgIpc) is 2.68. The van der Waals surface area contributed by atoms with Gasteiger partial charge < -0.3 is 15.8 Å². The first kappa shape index (κ1) is 16.4. The van der Waals surface area contributed by atoms with Crippen molar-refractivity contribution in [2.75, 3.05) is 11.9 Å². The van der Waals surface area contributed by atoms with Crippen molar-refractivity contribution in [1.82, 2.24) is 4.98 Å². The van der Waals surface area contributed by atoms with E-state index in [4.69, 9.17) is 10.5 Å². The summed E-state index contributed by atoms with van der Waals surface area (Å²) in [4.78, 5) is 17.5. The Labute approximate surface area is 123 Å². The lowest BCUT2D eigenvalue weighted by atomic mass is 9.87. The van der Waals surface area contributed by atoms with E-state index in [1.54, 1.807) is 0 Å². The molecule has 2 rings (SSSR count). The average molecular weight is 306 g/mol. The predicted octanol–water partition coefficient (Wildman–Crippen LogP) is 1.95. The highest BCUT2D eigenvalue weighted by Gasteiger charge is 2.28. The zero-order valence-corrected chi connectivity index (χ0v) is 13.0. The fourth-order valence-electron chi connectivity index (χ4n) is 1.66. The van der Waals surface area contributed by atoms with Gasteiger partial charge in [0.05, 0.1) is 29.8 Å². The molecule has 3 N–H and O–H groups in total. The number of hydrogen-bond donors (Lipinski definition) is 2. The minimum Gasteiger partial charge on any atom is -0.375 e. The summed E-state index contributed by atoms with van der Waals surface area (Å²) in [5, 5.41) is 3.41. The second-order valence-electron chi connectivity index (χ2n) is 5.52. The molecule has 0 unspecified atom stereocenters. The number of amides is 1. The van der Waals surface area contributed by atoms with Gasteiger partial charge in [0, 0.05) is 6.42 Å². The molecule has 0 saturated heterocycles. The second kappa shape index (κ2) is 6.17. The molecule has 2 heterocycles. The zero-order valence-electron chi connectivity index (χ0n) is 11.4. The standard InChI is InChI=1S/C12H19N3O2S.ClH/c1-12(2,3)9(13)10(16)15-11-14-7-4-5-17-6-8(7)18-11;/h9H,4-6,13H2,1-3H3,(H,14,15,16);1H/t9-;/m1./s1. The van der Waals surface area contributed by atoms with Gasteiger partial charge in [-0.3, -0.25) is 4.79 Å². The molecule has 0 bridgehead atoms. The van der Waals surface area contributed by atoms with Crippen molar-refractivity contribution in [2.45, 2.75) is 39.8 Å². The lowest BCUT2D eigenvalue weighted by molar-refractivity contribution is -0.119. The van der Waals surface area contributed by atoms with Gasteiger partial charge in [0.1, 0.15) is 0 Å². The maximum absolute atomic E-state index is 12.0. The van der Waals surface area contributed by atoms with Gasteiger partial charge in [-0.1, -0.05) is 32.1 Å². The monoisotopic (exact) mass is 305 g/mol. The first-order valence-electron chi connectivity index (χ1n) is 6.00. The molecule has 108 valence electrons. The van der Waals surface area contributed by atoms with Crippen molar-refractivity contribution in [3.8, 4) is 0 Å². The third-order valence-corrected chi connectivity index (χ3v) is 3.93. The molecule has 1 amide bonds. The van der Waals surface area contributed by atoms with Crippen molar-refractivity contribution in [1.29, 1.82) is 0 Å². The number of nitrogens with zero attached hydrogens (tertiary/aromatic N) is 1. The van der Waals surface area contributed by atoms with Crippen LogP contribution in [0.2, 0.25) is 0 Å². The molecule has 1 aromatic rings. The van der Waals surface area contributed by atoms with E-state index in [-0.39, 0.29) is 23.7 Å². The van der Waals surface area contributed by atoms with Crippen LogP contribution in [0.1, 0.15) is 31.3 Å². The van der Waals surface area contributed by atoms with Crippen LogP contribution < -0.4 is 11.1 Å².